The summed E-state index contributed by atoms with van der Waals surface area (Å²) in [4.78, 5) is 0. The monoisotopic (exact) mass is 199 g/mol. The molecule has 78 valence electrons. The van der Waals surface area contributed by atoms with Gasteiger partial charge in [0.2, 0.25) is 0 Å². The Morgan fingerprint density at radius 3 is 2.71 bits per heavy atom. The minimum atomic E-state index is -0.681. The van der Waals surface area contributed by atoms with Crippen LogP contribution in [0.1, 0.15) is 18.4 Å². The maximum absolute atomic E-state index is 13.2. The molecule has 0 aromatic heterocycles. The first-order chi connectivity index (χ1) is 6.60. The van der Waals surface area contributed by atoms with E-state index in [0.717, 1.165) is 5.56 Å². The average molecular weight is 199 g/mol. The van der Waals surface area contributed by atoms with Crippen molar-refractivity contribution in [3.63, 3.8) is 0 Å². The number of rotatable bonds is 3. The second kappa shape index (κ2) is 4.28. The number of halogens is 1. The maximum Gasteiger partial charge on any atom is 0.194 e. The number of benzene rings is 1. The zero-order valence-corrected chi connectivity index (χ0v) is 8.25. The van der Waals surface area contributed by atoms with Gasteiger partial charge >= 0.3 is 0 Å². The molecule has 1 unspecified atom stereocenters. The largest absolute Gasteiger partial charge is 0.502 e. The second-order valence-corrected chi connectivity index (χ2v) is 3.19. The van der Waals surface area contributed by atoms with Crippen LogP contribution >= 0.6 is 0 Å². The minimum absolute atomic E-state index is 0.0407. The van der Waals surface area contributed by atoms with Gasteiger partial charge in [-0.05, 0) is 30.2 Å². The Labute approximate surface area is 82.3 Å². The standard InChI is InChI=1S/C10H14FNO2/c1-6(5-12)7-3-8(11)10(13)9(4-7)14-2/h3-4,6,13H,5,12H2,1-2H3. The summed E-state index contributed by atoms with van der Waals surface area (Å²) in [5, 5.41) is 9.25. The molecule has 1 atom stereocenters. The molecule has 0 spiro atoms. The van der Waals surface area contributed by atoms with Gasteiger partial charge in [0.05, 0.1) is 7.11 Å². The van der Waals surface area contributed by atoms with E-state index >= 15 is 0 Å². The van der Waals surface area contributed by atoms with Crippen LogP contribution in [-0.2, 0) is 0 Å². The topological polar surface area (TPSA) is 55.5 Å². The molecule has 0 radical (unpaired) electrons. The molecule has 1 aromatic carbocycles. The third-order valence-electron chi connectivity index (χ3n) is 2.19. The first-order valence-electron chi connectivity index (χ1n) is 4.36. The van der Waals surface area contributed by atoms with E-state index in [1.165, 1.54) is 13.2 Å². The van der Waals surface area contributed by atoms with Crippen molar-refractivity contribution in [1.82, 2.24) is 0 Å². The number of aromatic hydroxyl groups is 1. The van der Waals surface area contributed by atoms with Crippen molar-refractivity contribution < 1.29 is 14.2 Å². The van der Waals surface area contributed by atoms with Crippen molar-refractivity contribution >= 4 is 0 Å². The molecule has 0 amide bonds. The summed E-state index contributed by atoms with van der Waals surface area (Å²) < 4.78 is 18.0. The molecule has 0 aliphatic rings. The Morgan fingerprint density at radius 1 is 1.57 bits per heavy atom. The van der Waals surface area contributed by atoms with E-state index in [0.29, 0.717) is 6.54 Å². The third kappa shape index (κ3) is 1.96. The molecule has 0 fully saturated rings. The molecule has 3 N–H and O–H groups in total. The molecule has 4 heteroatoms. The summed E-state index contributed by atoms with van der Waals surface area (Å²) in [5.41, 5.74) is 6.18. The normalized spacial score (nSPS) is 12.6. The fourth-order valence-electron chi connectivity index (χ4n) is 1.17. The molecule has 1 aromatic rings. The van der Waals surface area contributed by atoms with E-state index in [1.54, 1.807) is 6.07 Å². The lowest BCUT2D eigenvalue weighted by Crippen LogP contribution is -2.09. The number of hydrogen-bond donors (Lipinski definition) is 2. The van der Waals surface area contributed by atoms with Gasteiger partial charge in [0, 0.05) is 0 Å². The van der Waals surface area contributed by atoms with Gasteiger partial charge in [-0.15, -0.1) is 0 Å². The van der Waals surface area contributed by atoms with Crippen LogP contribution in [0.5, 0.6) is 11.5 Å². The van der Waals surface area contributed by atoms with E-state index in [9.17, 15) is 9.50 Å². The predicted octanol–water partition coefficient (Wildman–Crippen LogP) is 1.60. The van der Waals surface area contributed by atoms with Crippen molar-refractivity contribution in [3.05, 3.63) is 23.5 Å². The van der Waals surface area contributed by atoms with Crippen LogP contribution in [0.15, 0.2) is 12.1 Å². The zero-order valence-electron chi connectivity index (χ0n) is 8.25. The number of methoxy groups -OCH3 is 1. The molecule has 0 heterocycles. The minimum Gasteiger partial charge on any atom is -0.502 e. The van der Waals surface area contributed by atoms with Crippen molar-refractivity contribution in [2.24, 2.45) is 5.73 Å². The Balaban J connectivity index is 3.16. The molecule has 0 saturated carbocycles. The molecule has 1 rings (SSSR count). The summed E-state index contributed by atoms with van der Waals surface area (Å²) in [6, 6.07) is 2.87. The maximum atomic E-state index is 13.2. The number of nitrogens with two attached hydrogens (primary N) is 1. The number of ether oxygens (including phenoxy) is 1. The fraction of sp³-hybridized carbons (Fsp3) is 0.400. The Kier molecular flexibility index (Phi) is 3.30. The highest BCUT2D eigenvalue weighted by molar-refractivity contribution is 5.44. The van der Waals surface area contributed by atoms with E-state index in [4.69, 9.17) is 10.5 Å². The summed E-state index contributed by atoms with van der Waals surface area (Å²) in [7, 11) is 1.38. The highest BCUT2D eigenvalue weighted by atomic mass is 19.1. The summed E-state index contributed by atoms with van der Waals surface area (Å²) in [5.74, 6) is -0.959. The van der Waals surface area contributed by atoms with E-state index in [-0.39, 0.29) is 11.7 Å². The Morgan fingerprint density at radius 2 is 2.21 bits per heavy atom. The van der Waals surface area contributed by atoms with E-state index in [2.05, 4.69) is 0 Å². The van der Waals surface area contributed by atoms with Crippen molar-refractivity contribution in [3.8, 4) is 11.5 Å². The lowest BCUT2D eigenvalue weighted by Gasteiger charge is -2.12. The third-order valence-corrected chi connectivity index (χ3v) is 2.19. The van der Waals surface area contributed by atoms with Crippen molar-refractivity contribution in [1.29, 1.82) is 0 Å². The predicted molar refractivity (Wildman–Crippen MR) is 52.1 cm³/mol. The van der Waals surface area contributed by atoms with Crippen LogP contribution in [0.25, 0.3) is 0 Å². The van der Waals surface area contributed by atoms with Gasteiger partial charge in [-0.1, -0.05) is 6.92 Å². The van der Waals surface area contributed by atoms with Crippen LogP contribution in [0.4, 0.5) is 4.39 Å². The molecule has 0 aliphatic heterocycles. The molecular formula is C10H14FNO2. The molecule has 0 bridgehead atoms. The highest BCUT2D eigenvalue weighted by Crippen LogP contribution is 2.32. The highest BCUT2D eigenvalue weighted by Gasteiger charge is 2.13. The van der Waals surface area contributed by atoms with Crippen molar-refractivity contribution in [2.45, 2.75) is 12.8 Å². The molecule has 3 nitrogen and oxygen atoms in total. The molecule has 0 aliphatic carbocycles. The quantitative estimate of drug-likeness (QED) is 0.777. The van der Waals surface area contributed by atoms with Crippen LogP contribution < -0.4 is 10.5 Å². The van der Waals surface area contributed by atoms with Gasteiger partial charge in [-0.3, -0.25) is 0 Å². The number of phenolic OH excluding ortho intramolecular Hbond substituents is 1. The summed E-state index contributed by atoms with van der Waals surface area (Å²) in [6.45, 7) is 2.30. The van der Waals surface area contributed by atoms with Crippen LogP contribution in [0, 0.1) is 5.82 Å². The van der Waals surface area contributed by atoms with Crippen molar-refractivity contribution in [2.75, 3.05) is 13.7 Å². The Bertz CT molecular complexity index is 328. The first-order valence-corrected chi connectivity index (χ1v) is 4.36. The van der Waals surface area contributed by atoms with Gasteiger partial charge < -0.3 is 15.6 Å². The van der Waals surface area contributed by atoms with Gasteiger partial charge in [0.25, 0.3) is 0 Å². The van der Waals surface area contributed by atoms with Gasteiger partial charge in [0.15, 0.2) is 17.3 Å². The summed E-state index contributed by atoms with van der Waals surface area (Å²) in [6.07, 6.45) is 0. The number of phenols is 1. The molecule has 0 saturated heterocycles. The van der Waals surface area contributed by atoms with Crippen LogP contribution in [0.3, 0.4) is 0 Å². The molecular weight excluding hydrogens is 185 g/mol. The SMILES string of the molecule is COc1cc(C(C)CN)cc(F)c1O. The van der Waals surface area contributed by atoms with E-state index in [1.807, 2.05) is 6.92 Å². The Hall–Kier alpha value is -1.29. The molecule has 14 heavy (non-hydrogen) atoms. The van der Waals surface area contributed by atoms with Gasteiger partial charge in [-0.2, -0.15) is 0 Å². The lowest BCUT2D eigenvalue weighted by atomic mass is 10.0. The summed E-state index contributed by atoms with van der Waals surface area (Å²) >= 11 is 0. The fourth-order valence-corrected chi connectivity index (χ4v) is 1.17. The smallest absolute Gasteiger partial charge is 0.194 e. The first kappa shape index (κ1) is 10.8. The van der Waals surface area contributed by atoms with E-state index < -0.39 is 11.6 Å². The second-order valence-electron chi connectivity index (χ2n) is 3.19. The van der Waals surface area contributed by atoms with Gasteiger partial charge in [-0.25, -0.2) is 4.39 Å². The lowest BCUT2D eigenvalue weighted by molar-refractivity contribution is 0.356. The van der Waals surface area contributed by atoms with Crippen LogP contribution in [0.2, 0.25) is 0 Å². The average Bonchev–Trinajstić information content (AvgIpc) is 2.20. The van der Waals surface area contributed by atoms with Crippen LogP contribution in [-0.4, -0.2) is 18.8 Å². The zero-order chi connectivity index (χ0) is 10.7. The van der Waals surface area contributed by atoms with Gasteiger partial charge in [0.1, 0.15) is 0 Å². The number of hydrogen-bond acceptors (Lipinski definition) is 3.